The molecule has 3 rings (SSSR count). The number of aryl methyl sites for hydroxylation is 1. The number of rotatable bonds is 3. The molecule has 3 nitrogen and oxygen atoms in total. The standard InChI is InChI=1S/C17H18ClF3N2O/c1-9(8-17(19,20)21)16(24)22-11-3-5-15-13(7-11)12-6-10(18)2-4-14(12)23-15/h2,4,6,9,11,23H,3,5,7-8H2,1H3,(H,22,24)/t9-,11-/m0/s1. The van der Waals surface area contributed by atoms with Crippen LogP contribution in [-0.2, 0) is 17.6 Å². The quantitative estimate of drug-likeness (QED) is 0.840. The van der Waals surface area contributed by atoms with Crippen LogP contribution in [0.5, 0.6) is 0 Å². The van der Waals surface area contributed by atoms with Crippen molar-refractivity contribution in [1.29, 1.82) is 0 Å². The molecule has 0 fully saturated rings. The van der Waals surface area contributed by atoms with Crippen LogP contribution in [0.1, 0.15) is 31.0 Å². The third-order valence-corrected chi connectivity index (χ3v) is 4.72. The van der Waals surface area contributed by atoms with Crippen LogP contribution in [0, 0.1) is 5.92 Å². The normalized spacial score (nSPS) is 19.1. The van der Waals surface area contributed by atoms with Gasteiger partial charge in [-0.25, -0.2) is 0 Å². The summed E-state index contributed by atoms with van der Waals surface area (Å²) in [5.74, 6) is -1.62. The van der Waals surface area contributed by atoms with Gasteiger partial charge in [-0.05, 0) is 43.0 Å². The first-order valence-electron chi connectivity index (χ1n) is 7.89. The van der Waals surface area contributed by atoms with Crippen molar-refractivity contribution in [2.24, 2.45) is 5.92 Å². The van der Waals surface area contributed by atoms with Gasteiger partial charge in [-0.1, -0.05) is 18.5 Å². The van der Waals surface area contributed by atoms with Gasteiger partial charge in [0.15, 0.2) is 0 Å². The van der Waals surface area contributed by atoms with E-state index in [2.05, 4.69) is 10.3 Å². The summed E-state index contributed by atoms with van der Waals surface area (Å²) in [5, 5.41) is 4.41. The van der Waals surface area contributed by atoms with Crippen molar-refractivity contribution in [3.63, 3.8) is 0 Å². The van der Waals surface area contributed by atoms with Crippen LogP contribution in [-0.4, -0.2) is 23.1 Å². The molecule has 1 aliphatic rings. The number of aromatic nitrogens is 1. The summed E-state index contributed by atoms with van der Waals surface area (Å²) >= 11 is 6.05. The average Bonchev–Trinajstić information content (AvgIpc) is 2.83. The van der Waals surface area contributed by atoms with Gasteiger partial charge >= 0.3 is 6.18 Å². The summed E-state index contributed by atoms with van der Waals surface area (Å²) in [7, 11) is 0. The van der Waals surface area contributed by atoms with E-state index < -0.39 is 24.4 Å². The van der Waals surface area contributed by atoms with Crippen LogP contribution >= 0.6 is 11.6 Å². The largest absolute Gasteiger partial charge is 0.389 e. The molecule has 1 heterocycles. The minimum Gasteiger partial charge on any atom is -0.358 e. The number of fused-ring (bicyclic) bond motifs is 3. The lowest BCUT2D eigenvalue weighted by atomic mass is 9.91. The second-order valence-electron chi connectivity index (χ2n) is 6.44. The van der Waals surface area contributed by atoms with E-state index in [1.54, 1.807) is 0 Å². The third kappa shape index (κ3) is 3.69. The van der Waals surface area contributed by atoms with E-state index in [0.717, 1.165) is 28.6 Å². The van der Waals surface area contributed by atoms with Crippen LogP contribution in [0.2, 0.25) is 5.02 Å². The molecule has 0 aliphatic heterocycles. The molecule has 1 aliphatic carbocycles. The molecule has 0 saturated heterocycles. The Labute approximate surface area is 142 Å². The summed E-state index contributed by atoms with van der Waals surface area (Å²) in [5.41, 5.74) is 3.19. The minimum absolute atomic E-state index is 0.154. The molecule has 7 heteroatoms. The number of hydrogen-bond donors (Lipinski definition) is 2. The van der Waals surface area contributed by atoms with Gasteiger partial charge in [0.1, 0.15) is 0 Å². The Morgan fingerprint density at radius 1 is 1.46 bits per heavy atom. The number of carbonyl (C=O) groups is 1. The van der Waals surface area contributed by atoms with E-state index in [1.165, 1.54) is 6.92 Å². The lowest BCUT2D eigenvalue weighted by molar-refractivity contribution is -0.153. The minimum atomic E-state index is -4.33. The maximum atomic E-state index is 12.4. The Kier molecular flexibility index (Phi) is 4.51. The maximum absolute atomic E-state index is 12.4. The molecule has 0 spiro atoms. The summed E-state index contributed by atoms with van der Waals surface area (Å²) < 4.78 is 37.2. The lowest BCUT2D eigenvalue weighted by Gasteiger charge is -2.25. The SMILES string of the molecule is C[C@@H](CC(F)(F)F)C(=O)N[C@H]1CCc2[nH]c3ccc(Cl)cc3c2C1. The predicted molar refractivity (Wildman–Crippen MR) is 87.1 cm³/mol. The highest BCUT2D eigenvalue weighted by Crippen LogP contribution is 2.31. The molecule has 0 radical (unpaired) electrons. The van der Waals surface area contributed by atoms with E-state index in [9.17, 15) is 18.0 Å². The van der Waals surface area contributed by atoms with E-state index in [1.807, 2.05) is 18.2 Å². The number of halogens is 4. The summed E-state index contributed by atoms with van der Waals surface area (Å²) in [6.07, 6.45) is -3.37. The van der Waals surface area contributed by atoms with E-state index in [-0.39, 0.29) is 6.04 Å². The molecule has 0 bridgehead atoms. The zero-order chi connectivity index (χ0) is 17.5. The van der Waals surface area contributed by atoms with Gasteiger partial charge in [-0.3, -0.25) is 4.79 Å². The highest BCUT2D eigenvalue weighted by atomic mass is 35.5. The lowest BCUT2D eigenvalue weighted by Crippen LogP contribution is -2.42. The Morgan fingerprint density at radius 2 is 2.21 bits per heavy atom. The molecule has 2 N–H and O–H groups in total. The van der Waals surface area contributed by atoms with E-state index in [4.69, 9.17) is 11.6 Å². The highest BCUT2D eigenvalue weighted by Gasteiger charge is 2.34. The zero-order valence-electron chi connectivity index (χ0n) is 13.1. The summed E-state index contributed by atoms with van der Waals surface area (Å²) in [4.78, 5) is 15.4. The number of nitrogens with one attached hydrogen (secondary N) is 2. The molecule has 0 saturated carbocycles. The topological polar surface area (TPSA) is 44.9 Å². The van der Waals surface area contributed by atoms with Crippen LogP contribution in [0.25, 0.3) is 10.9 Å². The molecule has 1 amide bonds. The molecular weight excluding hydrogens is 341 g/mol. The maximum Gasteiger partial charge on any atom is 0.389 e. The average molecular weight is 359 g/mol. The molecule has 1 aromatic heterocycles. The number of aromatic amines is 1. The smallest absolute Gasteiger partial charge is 0.358 e. The first-order valence-corrected chi connectivity index (χ1v) is 8.27. The van der Waals surface area contributed by atoms with Crippen molar-refractivity contribution in [2.75, 3.05) is 0 Å². The molecule has 2 aromatic rings. The summed E-state index contributed by atoms with van der Waals surface area (Å²) in [6, 6.07) is 5.44. The van der Waals surface area contributed by atoms with Crippen molar-refractivity contribution in [3.8, 4) is 0 Å². The van der Waals surface area contributed by atoms with Crippen molar-refractivity contribution in [3.05, 3.63) is 34.5 Å². The van der Waals surface area contributed by atoms with Gasteiger partial charge in [0.05, 0.1) is 6.42 Å². The Morgan fingerprint density at radius 3 is 2.92 bits per heavy atom. The molecular formula is C17H18ClF3N2O. The van der Waals surface area contributed by atoms with Crippen molar-refractivity contribution >= 4 is 28.4 Å². The second kappa shape index (κ2) is 6.31. The number of H-pyrrole nitrogens is 1. The van der Waals surface area contributed by atoms with Crippen molar-refractivity contribution in [2.45, 2.75) is 44.8 Å². The number of alkyl halides is 3. The van der Waals surface area contributed by atoms with Gasteiger partial charge in [-0.2, -0.15) is 13.2 Å². The van der Waals surface area contributed by atoms with Crippen LogP contribution < -0.4 is 5.32 Å². The highest BCUT2D eigenvalue weighted by molar-refractivity contribution is 6.31. The Balaban J connectivity index is 1.72. The first kappa shape index (κ1) is 17.1. The van der Waals surface area contributed by atoms with Gasteiger partial charge in [0.25, 0.3) is 0 Å². The monoisotopic (exact) mass is 358 g/mol. The van der Waals surface area contributed by atoms with Gasteiger partial charge in [0.2, 0.25) is 5.91 Å². The van der Waals surface area contributed by atoms with E-state index >= 15 is 0 Å². The van der Waals surface area contributed by atoms with Crippen LogP contribution in [0.3, 0.4) is 0 Å². The van der Waals surface area contributed by atoms with Gasteiger partial charge in [0, 0.05) is 33.6 Å². The number of benzene rings is 1. The zero-order valence-corrected chi connectivity index (χ0v) is 13.9. The van der Waals surface area contributed by atoms with Crippen molar-refractivity contribution < 1.29 is 18.0 Å². The predicted octanol–water partition coefficient (Wildman–Crippen LogP) is 4.38. The molecule has 24 heavy (non-hydrogen) atoms. The molecule has 1 aromatic carbocycles. The third-order valence-electron chi connectivity index (χ3n) is 4.48. The van der Waals surface area contributed by atoms with Crippen LogP contribution in [0.4, 0.5) is 13.2 Å². The molecule has 130 valence electrons. The fraction of sp³-hybridized carbons (Fsp3) is 0.471. The fourth-order valence-electron chi connectivity index (χ4n) is 3.30. The number of carbonyl (C=O) groups excluding carboxylic acids is 1. The summed E-state index contributed by atoms with van der Waals surface area (Å²) in [6.45, 7) is 1.31. The second-order valence-corrected chi connectivity index (χ2v) is 6.88. The van der Waals surface area contributed by atoms with Gasteiger partial charge < -0.3 is 10.3 Å². The Hall–Kier alpha value is -1.69. The van der Waals surface area contributed by atoms with Gasteiger partial charge in [-0.15, -0.1) is 0 Å². The van der Waals surface area contributed by atoms with Crippen LogP contribution in [0.15, 0.2) is 18.2 Å². The molecule has 2 atom stereocenters. The van der Waals surface area contributed by atoms with E-state index in [0.29, 0.717) is 17.9 Å². The number of hydrogen-bond acceptors (Lipinski definition) is 1. The first-order chi connectivity index (χ1) is 11.2. The Bertz CT molecular complexity index is 769. The molecule has 0 unspecified atom stereocenters. The van der Waals surface area contributed by atoms with Crippen molar-refractivity contribution in [1.82, 2.24) is 10.3 Å². The fourth-order valence-corrected chi connectivity index (χ4v) is 3.47. The number of amides is 1.